The maximum absolute atomic E-state index is 13.1. The summed E-state index contributed by atoms with van der Waals surface area (Å²) in [6, 6.07) is 13.3. The van der Waals surface area contributed by atoms with E-state index in [0.717, 1.165) is 42.1 Å². The second kappa shape index (κ2) is 9.97. The topological polar surface area (TPSA) is 60.3 Å². The molecule has 1 heterocycles. The molecule has 4 rings (SSSR count). The molecule has 0 atom stereocenters. The number of amides is 1. The molecule has 0 saturated heterocycles. The highest BCUT2D eigenvalue weighted by Crippen LogP contribution is 2.30. The summed E-state index contributed by atoms with van der Waals surface area (Å²) in [6.07, 6.45) is 5.38. The van der Waals surface area contributed by atoms with Crippen LogP contribution in [-0.4, -0.2) is 30.1 Å². The van der Waals surface area contributed by atoms with E-state index in [1.54, 1.807) is 6.07 Å². The molecule has 0 bridgehead atoms. The Kier molecular flexibility index (Phi) is 7.07. The third-order valence-electron chi connectivity index (χ3n) is 6.27. The van der Waals surface area contributed by atoms with Crippen LogP contribution in [0.3, 0.4) is 0 Å². The van der Waals surface area contributed by atoms with Crippen LogP contribution in [0.1, 0.15) is 41.6 Å². The summed E-state index contributed by atoms with van der Waals surface area (Å²) in [5.74, 6) is 0.0740. The minimum atomic E-state index is -0.136. The molecule has 1 aromatic heterocycles. The van der Waals surface area contributed by atoms with Crippen molar-refractivity contribution in [3.63, 3.8) is 0 Å². The zero-order chi connectivity index (χ0) is 22.7. The average molecular weight is 473 g/mol. The molecule has 1 fully saturated rings. The number of nitrogens with one attached hydrogen (secondary N) is 1. The van der Waals surface area contributed by atoms with E-state index in [4.69, 9.17) is 27.9 Å². The van der Waals surface area contributed by atoms with Gasteiger partial charge in [-0.15, -0.1) is 0 Å². The molecule has 0 spiro atoms. The Morgan fingerprint density at radius 1 is 1.03 bits per heavy atom. The predicted molar refractivity (Wildman–Crippen MR) is 127 cm³/mol. The summed E-state index contributed by atoms with van der Waals surface area (Å²) in [5.41, 5.74) is 2.52. The van der Waals surface area contributed by atoms with Crippen molar-refractivity contribution in [2.75, 3.05) is 13.7 Å². The molecule has 1 saturated carbocycles. The number of hydrogen-bond acceptors (Lipinski definition) is 3. The number of benzene rings is 2. The van der Waals surface area contributed by atoms with Crippen molar-refractivity contribution in [1.29, 1.82) is 0 Å². The molecule has 0 unspecified atom stereocenters. The first-order chi connectivity index (χ1) is 15.4. The maximum atomic E-state index is 13.1. The van der Waals surface area contributed by atoms with E-state index in [-0.39, 0.29) is 17.8 Å². The van der Waals surface area contributed by atoms with Gasteiger partial charge in [-0.2, -0.15) is 0 Å². The molecule has 1 aliphatic rings. The Morgan fingerprint density at radius 3 is 2.44 bits per heavy atom. The van der Waals surface area contributed by atoms with Crippen LogP contribution < -0.4 is 5.32 Å². The highest BCUT2D eigenvalue weighted by atomic mass is 35.5. The minimum Gasteiger partial charge on any atom is -0.469 e. The van der Waals surface area contributed by atoms with Crippen molar-refractivity contribution < 1.29 is 14.3 Å². The molecule has 2 aromatic carbocycles. The Bertz CT molecular complexity index is 1120. The summed E-state index contributed by atoms with van der Waals surface area (Å²) in [4.78, 5) is 24.9. The molecule has 1 N–H and O–H groups in total. The largest absolute Gasteiger partial charge is 0.469 e. The number of aromatic nitrogens is 1. The van der Waals surface area contributed by atoms with Gasteiger partial charge in [0.25, 0.3) is 5.91 Å². The molecule has 1 aliphatic carbocycles. The highest BCUT2D eigenvalue weighted by Gasteiger charge is 2.27. The lowest BCUT2D eigenvalue weighted by Gasteiger charge is -2.27. The molecule has 168 valence electrons. The van der Waals surface area contributed by atoms with Gasteiger partial charge in [0, 0.05) is 34.7 Å². The van der Waals surface area contributed by atoms with Gasteiger partial charge in [0.15, 0.2) is 0 Å². The fourth-order valence-corrected chi connectivity index (χ4v) is 4.86. The van der Waals surface area contributed by atoms with Crippen molar-refractivity contribution in [3.05, 3.63) is 69.8 Å². The zero-order valence-corrected chi connectivity index (χ0v) is 19.5. The van der Waals surface area contributed by atoms with Gasteiger partial charge in [0.05, 0.1) is 24.1 Å². The van der Waals surface area contributed by atoms with Crippen LogP contribution in [0.25, 0.3) is 10.9 Å². The van der Waals surface area contributed by atoms with Gasteiger partial charge in [0.2, 0.25) is 0 Å². The first kappa shape index (κ1) is 22.7. The monoisotopic (exact) mass is 472 g/mol. The number of halogens is 2. The Hall–Kier alpha value is -2.50. The molecule has 0 radical (unpaired) electrons. The third kappa shape index (κ3) is 5.11. The predicted octanol–water partition coefficient (Wildman–Crippen LogP) is 5.71. The second-order valence-corrected chi connectivity index (χ2v) is 9.28. The number of methoxy groups -OCH3 is 1. The van der Waals surface area contributed by atoms with Crippen LogP contribution >= 0.6 is 23.2 Å². The molecule has 5 nitrogen and oxygen atoms in total. The number of fused-ring (bicyclic) bond motifs is 1. The summed E-state index contributed by atoms with van der Waals surface area (Å²) in [5, 5.41) is 5.24. The highest BCUT2D eigenvalue weighted by molar-refractivity contribution is 6.32. The van der Waals surface area contributed by atoms with Crippen molar-refractivity contribution in [2.45, 2.75) is 32.2 Å². The average Bonchev–Trinajstić information content (AvgIpc) is 3.20. The van der Waals surface area contributed by atoms with E-state index in [2.05, 4.69) is 9.88 Å². The van der Waals surface area contributed by atoms with E-state index in [1.165, 1.54) is 7.11 Å². The van der Waals surface area contributed by atoms with Gasteiger partial charge in [-0.1, -0.05) is 35.3 Å². The van der Waals surface area contributed by atoms with Gasteiger partial charge in [-0.05, 0) is 67.5 Å². The summed E-state index contributed by atoms with van der Waals surface area (Å²) in [7, 11) is 1.43. The summed E-state index contributed by atoms with van der Waals surface area (Å²) in [6.45, 7) is 1.21. The molecule has 32 heavy (non-hydrogen) atoms. The van der Waals surface area contributed by atoms with Gasteiger partial charge in [-0.3, -0.25) is 9.59 Å². The SMILES string of the molecule is COC(=O)C1CCC(CNC(=O)c2cc(Cl)cc3ccn(Cc4ccc(Cl)cc4)c23)CC1. The maximum Gasteiger partial charge on any atom is 0.308 e. The van der Waals surface area contributed by atoms with Crippen molar-refractivity contribution in [3.8, 4) is 0 Å². The van der Waals surface area contributed by atoms with Gasteiger partial charge in [-0.25, -0.2) is 0 Å². The van der Waals surface area contributed by atoms with E-state index in [1.807, 2.05) is 42.6 Å². The number of ether oxygens (including phenoxy) is 1. The lowest BCUT2D eigenvalue weighted by Crippen LogP contribution is -2.33. The van der Waals surface area contributed by atoms with Crippen LogP contribution in [0, 0.1) is 11.8 Å². The van der Waals surface area contributed by atoms with Gasteiger partial charge < -0.3 is 14.6 Å². The van der Waals surface area contributed by atoms with E-state index < -0.39 is 0 Å². The smallest absolute Gasteiger partial charge is 0.308 e. The quantitative estimate of drug-likeness (QED) is 0.467. The number of carbonyl (C=O) groups excluding carboxylic acids is 2. The molecular weight excluding hydrogens is 447 g/mol. The summed E-state index contributed by atoms with van der Waals surface area (Å²) < 4.78 is 6.92. The van der Waals surface area contributed by atoms with Crippen LogP contribution in [0.5, 0.6) is 0 Å². The molecule has 1 amide bonds. The zero-order valence-electron chi connectivity index (χ0n) is 17.9. The minimum absolute atomic E-state index is 0.0179. The molecule has 3 aromatic rings. The van der Waals surface area contributed by atoms with Crippen LogP contribution in [0.4, 0.5) is 0 Å². The van der Waals surface area contributed by atoms with Crippen LogP contribution in [-0.2, 0) is 16.1 Å². The fourth-order valence-electron chi connectivity index (χ4n) is 4.51. The van der Waals surface area contributed by atoms with Crippen molar-refractivity contribution >= 4 is 46.0 Å². The van der Waals surface area contributed by atoms with E-state index in [0.29, 0.717) is 34.6 Å². The first-order valence-corrected chi connectivity index (χ1v) is 11.6. The first-order valence-electron chi connectivity index (χ1n) is 10.8. The second-order valence-electron chi connectivity index (χ2n) is 8.41. The third-order valence-corrected chi connectivity index (χ3v) is 6.74. The Morgan fingerprint density at radius 2 is 1.75 bits per heavy atom. The normalized spacial score (nSPS) is 18.5. The van der Waals surface area contributed by atoms with Crippen LogP contribution in [0.15, 0.2) is 48.7 Å². The number of esters is 1. The van der Waals surface area contributed by atoms with E-state index >= 15 is 0 Å². The number of rotatable bonds is 6. The van der Waals surface area contributed by atoms with Gasteiger partial charge >= 0.3 is 5.97 Å². The van der Waals surface area contributed by atoms with Crippen molar-refractivity contribution in [2.24, 2.45) is 11.8 Å². The Balaban J connectivity index is 1.48. The standard InChI is InChI=1S/C25H26Cl2N2O3/c1-32-25(31)18-6-2-16(3-7-18)14-28-24(30)22-13-21(27)12-19-10-11-29(23(19)22)15-17-4-8-20(26)9-5-17/h4-5,8-13,16,18H,2-3,6-7,14-15H2,1H3,(H,28,30). The number of hydrogen-bond donors (Lipinski definition) is 1. The molecule has 7 heteroatoms. The molecular formula is C25H26Cl2N2O3. The number of carbonyl (C=O) groups is 2. The summed E-state index contributed by atoms with van der Waals surface area (Å²) >= 11 is 12.3. The fraction of sp³-hybridized carbons (Fsp3) is 0.360. The number of nitrogens with zero attached hydrogens (tertiary/aromatic N) is 1. The van der Waals surface area contributed by atoms with E-state index in [9.17, 15) is 9.59 Å². The molecule has 0 aliphatic heterocycles. The van der Waals surface area contributed by atoms with Crippen LogP contribution in [0.2, 0.25) is 10.0 Å². The van der Waals surface area contributed by atoms with Crippen molar-refractivity contribution in [1.82, 2.24) is 9.88 Å². The lowest BCUT2D eigenvalue weighted by atomic mass is 9.82. The Labute approximate surface area is 197 Å². The van der Waals surface area contributed by atoms with Gasteiger partial charge in [0.1, 0.15) is 0 Å². The lowest BCUT2D eigenvalue weighted by molar-refractivity contribution is -0.146.